The summed E-state index contributed by atoms with van der Waals surface area (Å²) in [6.45, 7) is 6.64. The third-order valence-corrected chi connectivity index (χ3v) is 7.65. The lowest BCUT2D eigenvalue weighted by atomic mass is 10.1. The van der Waals surface area contributed by atoms with Gasteiger partial charge in [0.05, 0.1) is 36.5 Å². The first-order chi connectivity index (χ1) is 20.8. The minimum atomic E-state index is -0.480. The van der Waals surface area contributed by atoms with Crippen molar-refractivity contribution in [1.29, 1.82) is 0 Å². The summed E-state index contributed by atoms with van der Waals surface area (Å²) in [6, 6.07) is 18.6. The average Bonchev–Trinajstić information content (AvgIpc) is 3.26. The Morgan fingerprint density at radius 2 is 1.67 bits per heavy atom. The molecule has 1 fully saturated rings. The largest absolute Gasteiger partial charge is 0.382 e. The van der Waals surface area contributed by atoms with Crippen molar-refractivity contribution in [3.8, 4) is 28.2 Å². The molecular formula is C32H32N8O3. The summed E-state index contributed by atoms with van der Waals surface area (Å²) in [6.07, 6.45) is 3.41. The summed E-state index contributed by atoms with van der Waals surface area (Å²) in [5.41, 5.74) is 11.6. The number of benzene rings is 2. The molecule has 5 aromatic rings. The molecule has 0 bridgehead atoms. The molecule has 0 unspecified atom stereocenters. The highest BCUT2D eigenvalue weighted by atomic mass is 16.5. The van der Waals surface area contributed by atoms with Crippen molar-refractivity contribution in [3.63, 3.8) is 0 Å². The van der Waals surface area contributed by atoms with Crippen molar-refractivity contribution in [2.75, 3.05) is 42.3 Å². The Labute approximate surface area is 248 Å². The van der Waals surface area contributed by atoms with Crippen LogP contribution in [0.1, 0.15) is 21.6 Å². The molecule has 1 saturated heterocycles. The van der Waals surface area contributed by atoms with E-state index in [2.05, 4.69) is 20.2 Å². The quantitative estimate of drug-likeness (QED) is 0.310. The molecule has 0 atom stereocenters. The number of hydrogen-bond donors (Lipinski definition) is 2. The summed E-state index contributed by atoms with van der Waals surface area (Å²) < 4.78 is 8.64. The van der Waals surface area contributed by atoms with Gasteiger partial charge in [0, 0.05) is 43.1 Å². The Bertz CT molecular complexity index is 1850. The van der Waals surface area contributed by atoms with E-state index in [9.17, 15) is 9.59 Å². The van der Waals surface area contributed by atoms with E-state index in [1.54, 1.807) is 43.2 Å². The minimum absolute atomic E-state index is 0.0868. The Morgan fingerprint density at radius 1 is 0.953 bits per heavy atom. The molecule has 43 heavy (non-hydrogen) atoms. The van der Waals surface area contributed by atoms with Crippen molar-refractivity contribution in [2.24, 2.45) is 7.05 Å². The van der Waals surface area contributed by atoms with Crippen molar-refractivity contribution in [2.45, 2.75) is 13.8 Å². The Balaban J connectivity index is 1.23. The maximum absolute atomic E-state index is 13.3. The minimum Gasteiger partial charge on any atom is -0.382 e. The van der Waals surface area contributed by atoms with Crippen LogP contribution >= 0.6 is 0 Å². The van der Waals surface area contributed by atoms with E-state index in [-0.39, 0.29) is 11.1 Å². The van der Waals surface area contributed by atoms with Crippen LogP contribution in [-0.2, 0) is 11.8 Å². The van der Waals surface area contributed by atoms with Gasteiger partial charge in [-0.25, -0.2) is 19.6 Å². The summed E-state index contributed by atoms with van der Waals surface area (Å²) in [5, 5.41) is 2.86. The van der Waals surface area contributed by atoms with Crippen LogP contribution in [0, 0.1) is 13.8 Å². The summed E-state index contributed by atoms with van der Waals surface area (Å²) in [4.78, 5) is 42.5. The standard InChI is InChI=1S/C32H32N8O3/c1-20-4-10-25(11-5-20)40-32(42)28(21(2)38(40)3)31(41)36-24-8-6-22(7-9-24)29-30(33)35-19-26(37-29)23-12-13-34-27(18-23)39-14-16-43-17-15-39/h4-13,18-19H,14-17H2,1-3H3,(H2,33,35)(H,36,41). The molecule has 6 rings (SSSR count). The highest BCUT2D eigenvalue weighted by Gasteiger charge is 2.22. The second-order valence-electron chi connectivity index (χ2n) is 10.5. The maximum atomic E-state index is 13.3. The van der Waals surface area contributed by atoms with Crippen LogP contribution < -0.4 is 21.5 Å². The third-order valence-electron chi connectivity index (χ3n) is 7.65. The second kappa shape index (κ2) is 11.5. The number of nitrogens with zero attached hydrogens (tertiary/aromatic N) is 6. The molecule has 0 spiro atoms. The number of aryl methyl sites for hydroxylation is 1. The van der Waals surface area contributed by atoms with Crippen molar-refractivity contribution >= 4 is 23.2 Å². The van der Waals surface area contributed by atoms with Gasteiger partial charge in [-0.3, -0.25) is 14.3 Å². The molecule has 1 amide bonds. The van der Waals surface area contributed by atoms with Crippen LogP contribution in [0.25, 0.3) is 28.2 Å². The van der Waals surface area contributed by atoms with E-state index in [1.807, 2.05) is 55.5 Å². The zero-order chi connectivity index (χ0) is 30.1. The summed E-state index contributed by atoms with van der Waals surface area (Å²) in [5.74, 6) is 0.673. The molecule has 11 heteroatoms. The van der Waals surface area contributed by atoms with Gasteiger partial charge in [-0.15, -0.1) is 0 Å². The van der Waals surface area contributed by atoms with E-state index < -0.39 is 5.91 Å². The highest BCUT2D eigenvalue weighted by molar-refractivity contribution is 6.05. The molecule has 1 aliphatic heterocycles. The molecule has 218 valence electrons. The van der Waals surface area contributed by atoms with Gasteiger partial charge in [-0.05, 0) is 50.2 Å². The van der Waals surface area contributed by atoms with Crippen molar-refractivity contribution in [1.82, 2.24) is 24.3 Å². The van der Waals surface area contributed by atoms with E-state index in [0.717, 1.165) is 35.6 Å². The first kappa shape index (κ1) is 27.9. The topological polar surface area (TPSA) is 133 Å². The first-order valence-corrected chi connectivity index (χ1v) is 14.0. The monoisotopic (exact) mass is 576 g/mol. The van der Waals surface area contributed by atoms with Crippen LogP contribution in [0.5, 0.6) is 0 Å². The molecular weight excluding hydrogens is 544 g/mol. The number of nitrogens with two attached hydrogens (primary N) is 1. The number of anilines is 3. The number of ether oxygens (including phenoxy) is 1. The van der Waals surface area contributed by atoms with Crippen LogP contribution in [0.4, 0.5) is 17.3 Å². The molecule has 1 aliphatic rings. The van der Waals surface area contributed by atoms with E-state index in [0.29, 0.717) is 47.5 Å². The molecule has 2 aromatic carbocycles. The molecule has 0 saturated carbocycles. The lowest BCUT2D eigenvalue weighted by molar-refractivity contribution is 0.102. The third kappa shape index (κ3) is 5.50. The fraction of sp³-hybridized carbons (Fsp3) is 0.219. The van der Waals surface area contributed by atoms with Gasteiger partial charge in [0.2, 0.25) is 0 Å². The molecule has 3 N–H and O–H groups in total. The zero-order valence-corrected chi connectivity index (χ0v) is 24.2. The molecule has 0 radical (unpaired) electrons. The Morgan fingerprint density at radius 3 is 2.40 bits per heavy atom. The lowest BCUT2D eigenvalue weighted by Gasteiger charge is -2.28. The molecule has 0 aliphatic carbocycles. The number of carbonyl (C=O) groups excluding carboxylic acids is 1. The number of rotatable bonds is 6. The number of nitrogens with one attached hydrogen (secondary N) is 1. The lowest BCUT2D eigenvalue weighted by Crippen LogP contribution is -2.36. The SMILES string of the molecule is Cc1ccc(-n2c(=O)c(C(=O)Nc3ccc(-c4nc(-c5ccnc(N6CCOCC6)c5)cnc4N)cc3)c(C)n2C)cc1. The number of pyridine rings is 1. The van der Waals surface area contributed by atoms with Gasteiger partial charge in [0.25, 0.3) is 11.5 Å². The van der Waals surface area contributed by atoms with Gasteiger partial charge in [-0.2, -0.15) is 0 Å². The number of nitrogen functional groups attached to an aromatic ring is 1. The summed E-state index contributed by atoms with van der Waals surface area (Å²) in [7, 11) is 1.76. The van der Waals surface area contributed by atoms with Crippen LogP contribution in [0.2, 0.25) is 0 Å². The zero-order valence-electron chi connectivity index (χ0n) is 24.2. The predicted molar refractivity (Wildman–Crippen MR) is 167 cm³/mol. The van der Waals surface area contributed by atoms with E-state index in [1.165, 1.54) is 4.68 Å². The highest BCUT2D eigenvalue weighted by Crippen LogP contribution is 2.28. The predicted octanol–water partition coefficient (Wildman–Crippen LogP) is 3.98. The number of morpholine rings is 1. The van der Waals surface area contributed by atoms with Gasteiger partial charge in [0.1, 0.15) is 22.9 Å². The van der Waals surface area contributed by atoms with Crippen LogP contribution in [-0.4, -0.2) is 56.5 Å². The van der Waals surface area contributed by atoms with Crippen LogP contribution in [0.15, 0.2) is 77.9 Å². The summed E-state index contributed by atoms with van der Waals surface area (Å²) >= 11 is 0. The Hall–Kier alpha value is -5.29. The average molecular weight is 577 g/mol. The molecule has 3 aromatic heterocycles. The molecule has 4 heterocycles. The van der Waals surface area contributed by atoms with E-state index >= 15 is 0 Å². The van der Waals surface area contributed by atoms with Gasteiger partial charge in [-0.1, -0.05) is 29.8 Å². The number of amides is 1. The molecule has 11 nitrogen and oxygen atoms in total. The first-order valence-electron chi connectivity index (χ1n) is 14.0. The van der Waals surface area contributed by atoms with Gasteiger partial charge < -0.3 is 20.7 Å². The smallest absolute Gasteiger partial charge is 0.284 e. The number of aromatic nitrogens is 5. The van der Waals surface area contributed by atoms with Crippen molar-refractivity contribution in [3.05, 3.63) is 100 Å². The fourth-order valence-corrected chi connectivity index (χ4v) is 5.14. The number of carbonyl (C=O) groups is 1. The second-order valence-corrected chi connectivity index (χ2v) is 10.5. The fourth-order valence-electron chi connectivity index (χ4n) is 5.14. The van der Waals surface area contributed by atoms with E-state index in [4.69, 9.17) is 15.5 Å². The maximum Gasteiger partial charge on any atom is 0.284 e. The Kier molecular flexibility index (Phi) is 7.47. The normalized spacial score (nSPS) is 13.2. The van der Waals surface area contributed by atoms with Gasteiger partial charge in [0.15, 0.2) is 0 Å². The van der Waals surface area contributed by atoms with Gasteiger partial charge >= 0.3 is 0 Å². The number of hydrogen-bond acceptors (Lipinski definition) is 8. The van der Waals surface area contributed by atoms with Crippen molar-refractivity contribution < 1.29 is 9.53 Å². The van der Waals surface area contributed by atoms with Crippen LogP contribution in [0.3, 0.4) is 0 Å².